The molecule has 1 saturated carbocycles. The Morgan fingerprint density at radius 2 is 2.03 bits per heavy atom. The maximum absolute atomic E-state index is 14.4. The minimum absolute atomic E-state index is 0.00992. The highest BCUT2D eigenvalue weighted by Gasteiger charge is 2.48. The predicted molar refractivity (Wildman–Crippen MR) is 119 cm³/mol. The number of carbonyl (C=O) groups is 3. The lowest BCUT2D eigenvalue weighted by Gasteiger charge is -2.50. The third-order valence-electron chi connectivity index (χ3n) is 6.93. The van der Waals surface area contributed by atoms with E-state index in [4.69, 9.17) is 0 Å². The molecule has 36 heavy (non-hydrogen) atoms. The van der Waals surface area contributed by atoms with E-state index in [1.807, 2.05) is 0 Å². The summed E-state index contributed by atoms with van der Waals surface area (Å²) in [6, 6.07) is 1.69. The molecule has 2 heterocycles. The highest BCUT2D eigenvalue weighted by Crippen LogP contribution is 2.40. The first kappa shape index (κ1) is 25.8. The summed E-state index contributed by atoms with van der Waals surface area (Å²) in [5.41, 5.74) is -0.354. The maximum Gasteiger partial charge on any atom is 0.573 e. The van der Waals surface area contributed by atoms with Gasteiger partial charge in [-0.3, -0.25) is 4.79 Å². The van der Waals surface area contributed by atoms with Crippen molar-refractivity contribution in [1.29, 1.82) is 0 Å². The van der Waals surface area contributed by atoms with Crippen molar-refractivity contribution in [3.8, 4) is 5.75 Å². The molecular weight excluding hydrogens is 486 g/mol. The fourth-order valence-corrected chi connectivity index (χ4v) is 5.12. The summed E-state index contributed by atoms with van der Waals surface area (Å²) in [6.45, 7) is 0.957. The number of ether oxygens (including phenoxy) is 1. The van der Waals surface area contributed by atoms with E-state index in [9.17, 15) is 31.9 Å². The zero-order valence-corrected chi connectivity index (χ0v) is 19.8. The molecule has 3 N–H and O–H groups in total. The van der Waals surface area contributed by atoms with Crippen LogP contribution >= 0.6 is 0 Å². The quantitative estimate of drug-likeness (QED) is 0.525. The van der Waals surface area contributed by atoms with Crippen molar-refractivity contribution in [1.82, 2.24) is 25.8 Å². The summed E-state index contributed by atoms with van der Waals surface area (Å²) in [7, 11) is 1.53. The summed E-state index contributed by atoms with van der Waals surface area (Å²) < 4.78 is 55.2. The Bertz CT molecular complexity index is 1010. The van der Waals surface area contributed by atoms with Crippen LogP contribution in [0.3, 0.4) is 0 Å². The van der Waals surface area contributed by atoms with Crippen LogP contribution < -0.4 is 20.7 Å². The standard InChI is InChI=1S/C23H29F4N5O4/c1-28-20(34)31-11-16(9-22(13-31)7-6-19(33)30-12-22)32(15-3-4-15)21(35)29-10-14-2-5-17(8-18(14)24)36-23(25,26)27/h2,5,8,15-16H,3-4,6-7,9-13H2,1H3,(H,28,34)(H,29,35)(H,30,33). The third-order valence-corrected chi connectivity index (χ3v) is 6.93. The van der Waals surface area contributed by atoms with E-state index in [1.54, 1.807) is 9.80 Å². The second-order valence-electron chi connectivity index (χ2n) is 9.67. The lowest BCUT2D eigenvalue weighted by Crippen LogP contribution is -2.63. The molecule has 0 aromatic heterocycles. The van der Waals surface area contributed by atoms with Gasteiger partial charge in [0, 0.05) is 62.7 Å². The van der Waals surface area contributed by atoms with Gasteiger partial charge >= 0.3 is 18.4 Å². The number of alkyl halides is 3. The molecule has 13 heteroatoms. The van der Waals surface area contributed by atoms with Crippen LogP contribution in [0.1, 0.15) is 37.7 Å². The van der Waals surface area contributed by atoms with Crippen LogP contribution in [0.5, 0.6) is 5.75 Å². The third kappa shape index (κ3) is 6.11. The van der Waals surface area contributed by atoms with Crippen molar-refractivity contribution in [2.75, 3.05) is 26.7 Å². The molecule has 2 unspecified atom stereocenters. The Balaban J connectivity index is 1.47. The van der Waals surface area contributed by atoms with Gasteiger partial charge in [0.2, 0.25) is 5.91 Å². The zero-order chi connectivity index (χ0) is 26.1. The van der Waals surface area contributed by atoms with E-state index in [1.165, 1.54) is 7.05 Å². The molecule has 2 aliphatic heterocycles. The lowest BCUT2D eigenvalue weighted by atomic mass is 9.72. The Morgan fingerprint density at radius 3 is 2.61 bits per heavy atom. The van der Waals surface area contributed by atoms with Gasteiger partial charge in [-0.2, -0.15) is 0 Å². The number of benzene rings is 1. The van der Waals surface area contributed by atoms with Crippen LogP contribution in [0.4, 0.5) is 27.2 Å². The first-order chi connectivity index (χ1) is 17.0. The minimum Gasteiger partial charge on any atom is -0.406 e. The first-order valence-electron chi connectivity index (χ1n) is 11.8. The normalized spacial score (nSPS) is 24.2. The Kier molecular flexibility index (Phi) is 7.19. The molecule has 1 spiro atoms. The fourth-order valence-electron chi connectivity index (χ4n) is 5.12. The molecule has 0 radical (unpaired) electrons. The molecular formula is C23H29F4N5O4. The molecule has 0 bridgehead atoms. The van der Waals surface area contributed by atoms with E-state index in [0.29, 0.717) is 45.0 Å². The van der Waals surface area contributed by atoms with Crippen LogP contribution in [0.15, 0.2) is 18.2 Å². The van der Waals surface area contributed by atoms with Crippen LogP contribution in [-0.2, 0) is 11.3 Å². The number of hydrogen-bond donors (Lipinski definition) is 3. The lowest BCUT2D eigenvalue weighted by molar-refractivity contribution is -0.274. The van der Waals surface area contributed by atoms with Gasteiger partial charge in [-0.05, 0) is 31.7 Å². The number of nitrogens with zero attached hydrogens (tertiary/aromatic N) is 2. The van der Waals surface area contributed by atoms with Gasteiger partial charge in [-0.1, -0.05) is 6.07 Å². The van der Waals surface area contributed by atoms with E-state index in [0.717, 1.165) is 25.0 Å². The SMILES string of the molecule is CNC(=O)N1CC(N(C(=O)NCc2ccc(OC(F)(F)F)cc2F)C2CC2)CC2(CCC(=O)NC2)C1. The molecule has 5 amide bonds. The average Bonchev–Trinajstić information content (AvgIpc) is 3.64. The van der Waals surface area contributed by atoms with Gasteiger partial charge in [0.15, 0.2) is 0 Å². The van der Waals surface area contributed by atoms with E-state index in [-0.39, 0.29) is 41.5 Å². The Morgan fingerprint density at radius 1 is 1.28 bits per heavy atom. The fraction of sp³-hybridized carbons (Fsp3) is 0.609. The van der Waals surface area contributed by atoms with Gasteiger partial charge in [-0.25, -0.2) is 14.0 Å². The first-order valence-corrected chi connectivity index (χ1v) is 11.8. The Hall–Kier alpha value is -3.25. The van der Waals surface area contributed by atoms with Gasteiger partial charge in [0.05, 0.1) is 6.04 Å². The van der Waals surface area contributed by atoms with E-state index < -0.39 is 24.0 Å². The van der Waals surface area contributed by atoms with Crippen LogP contribution in [0.25, 0.3) is 0 Å². The number of likely N-dealkylation sites (tertiary alicyclic amines) is 1. The van der Waals surface area contributed by atoms with Gasteiger partial charge in [0.1, 0.15) is 11.6 Å². The minimum atomic E-state index is -4.94. The average molecular weight is 516 g/mol. The number of halogens is 4. The summed E-state index contributed by atoms with van der Waals surface area (Å²) in [5.74, 6) is -1.66. The maximum atomic E-state index is 14.4. The summed E-state index contributed by atoms with van der Waals surface area (Å²) in [5, 5.41) is 8.19. The molecule has 3 aliphatic rings. The second kappa shape index (κ2) is 10.0. The molecule has 2 saturated heterocycles. The summed E-state index contributed by atoms with van der Waals surface area (Å²) >= 11 is 0. The number of amides is 5. The van der Waals surface area contributed by atoms with E-state index >= 15 is 0 Å². The van der Waals surface area contributed by atoms with Crippen LogP contribution in [0.2, 0.25) is 0 Å². The smallest absolute Gasteiger partial charge is 0.406 e. The molecule has 1 aliphatic carbocycles. The molecule has 1 aromatic rings. The molecule has 1 aromatic carbocycles. The predicted octanol–water partition coefficient (Wildman–Crippen LogP) is 2.71. The van der Waals surface area contributed by atoms with Crippen molar-refractivity contribution in [3.63, 3.8) is 0 Å². The highest BCUT2D eigenvalue weighted by molar-refractivity contribution is 5.78. The number of urea groups is 2. The van der Waals surface area contributed by atoms with Crippen molar-refractivity contribution in [3.05, 3.63) is 29.6 Å². The summed E-state index contributed by atoms with van der Waals surface area (Å²) in [6.07, 6.45) is -1.80. The van der Waals surface area contributed by atoms with Gasteiger partial charge in [0.25, 0.3) is 0 Å². The van der Waals surface area contributed by atoms with Crippen LogP contribution in [-0.4, -0.2) is 72.9 Å². The van der Waals surface area contributed by atoms with Crippen LogP contribution in [0, 0.1) is 11.2 Å². The molecule has 9 nitrogen and oxygen atoms in total. The number of hydrogen-bond acceptors (Lipinski definition) is 4. The molecule has 4 rings (SSSR count). The van der Waals surface area contributed by atoms with Gasteiger partial charge in [-0.15, -0.1) is 13.2 Å². The topological polar surface area (TPSA) is 103 Å². The summed E-state index contributed by atoms with van der Waals surface area (Å²) in [4.78, 5) is 40.9. The highest BCUT2D eigenvalue weighted by atomic mass is 19.4. The van der Waals surface area contributed by atoms with Crippen molar-refractivity contribution >= 4 is 18.0 Å². The number of nitrogens with one attached hydrogen (secondary N) is 3. The Labute approximate surface area is 205 Å². The number of carbonyl (C=O) groups excluding carboxylic acids is 3. The number of piperidine rings is 2. The van der Waals surface area contributed by atoms with Crippen molar-refractivity contribution in [2.45, 2.75) is 57.1 Å². The monoisotopic (exact) mass is 515 g/mol. The number of rotatable bonds is 5. The van der Waals surface area contributed by atoms with Crippen molar-refractivity contribution < 1.29 is 36.7 Å². The second-order valence-corrected chi connectivity index (χ2v) is 9.67. The van der Waals surface area contributed by atoms with E-state index in [2.05, 4.69) is 20.7 Å². The largest absolute Gasteiger partial charge is 0.573 e. The molecule has 2 atom stereocenters. The van der Waals surface area contributed by atoms with Gasteiger partial charge < -0.3 is 30.5 Å². The molecule has 3 fully saturated rings. The molecule has 198 valence electrons. The van der Waals surface area contributed by atoms with Crippen molar-refractivity contribution in [2.24, 2.45) is 5.41 Å². The zero-order valence-electron chi connectivity index (χ0n) is 19.8.